The number of hydrazone groups is 1. The lowest BCUT2D eigenvalue weighted by atomic mass is 10.1. The van der Waals surface area contributed by atoms with Gasteiger partial charge >= 0.3 is 0 Å². The van der Waals surface area contributed by atoms with Gasteiger partial charge in [0.05, 0.1) is 11.9 Å². The lowest BCUT2D eigenvalue weighted by Crippen LogP contribution is -2.00. The first kappa shape index (κ1) is 11.5. The third kappa shape index (κ3) is 3.26. The fourth-order valence-corrected chi connectivity index (χ4v) is 1.38. The minimum Gasteiger partial charge on any atom is -0.260 e. The number of nitrogens with one attached hydrogen (secondary N) is 1. The van der Waals surface area contributed by atoms with Crippen LogP contribution < -0.4 is 5.43 Å². The Balaban J connectivity index is 2.10. The number of hydrogen-bond donors (Lipinski definition) is 1. The summed E-state index contributed by atoms with van der Waals surface area (Å²) in [7, 11) is 0. The standard InChI is InChI=1S/C12H11ClN4/c1-9(10-2-4-11(13)5-3-10)16-17-12-8-14-6-7-15-12/h2-8H,1H3,(H,15,17)/b16-9-. The van der Waals surface area contributed by atoms with Crippen LogP contribution >= 0.6 is 11.6 Å². The second-order valence-corrected chi connectivity index (χ2v) is 3.84. The predicted octanol–water partition coefficient (Wildman–Crippen LogP) is 2.97. The number of halogens is 1. The minimum absolute atomic E-state index is 0.612. The van der Waals surface area contributed by atoms with E-state index in [0.29, 0.717) is 10.8 Å². The molecule has 0 bridgehead atoms. The molecule has 0 unspecified atom stereocenters. The van der Waals surface area contributed by atoms with Gasteiger partial charge in [-0.2, -0.15) is 5.10 Å². The van der Waals surface area contributed by atoms with Gasteiger partial charge in [0.15, 0.2) is 5.82 Å². The van der Waals surface area contributed by atoms with Crippen LogP contribution in [0.25, 0.3) is 0 Å². The molecule has 0 saturated heterocycles. The Morgan fingerprint density at radius 2 is 2.00 bits per heavy atom. The Kier molecular flexibility index (Phi) is 3.67. The van der Waals surface area contributed by atoms with E-state index < -0.39 is 0 Å². The van der Waals surface area contributed by atoms with Gasteiger partial charge in [-0.1, -0.05) is 23.7 Å². The highest BCUT2D eigenvalue weighted by atomic mass is 35.5. The molecule has 0 amide bonds. The van der Waals surface area contributed by atoms with Crippen LogP contribution in [0.1, 0.15) is 12.5 Å². The van der Waals surface area contributed by atoms with Crippen molar-refractivity contribution in [3.63, 3.8) is 0 Å². The molecule has 0 aliphatic heterocycles. The van der Waals surface area contributed by atoms with Crippen molar-refractivity contribution in [3.05, 3.63) is 53.4 Å². The van der Waals surface area contributed by atoms with Crippen molar-refractivity contribution in [2.75, 3.05) is 5.43 Å². The maximum Gasteiger partial charge on any atom is 0.164 e. The molecule has 1 aromatic heterocycles. The molecule has 2 aromatic rings. The topological polar surface area (TPSA) is 50.2 Å². The molecule has 0 aliphatic rings. The first-order chi connectivity index (χ1) is 8.25. The summed E-state index contributed by atoms with van der Waals surface area (Å²) in [6.45, 7) is 1.91. The summed E-state index contributed by atoms with van der Waals surface area (Å²) in [5.41, 5.74) is 4.70. The molecule has 4 nitrogen and oxygen atoms in total. The molecule has 0 saturated carbocycles. The molecule has 0 atom stereocenters. The van der Waals surface area contributed by atoms with Gasteiger partial charge in [-0.25, -0.2) is 4.98 Å². The molecule has 17 heavy (non-hydrogen) atoms. The second-order valence-electron chi connectivity index (χ2n) is 3.41. The van der Waals surface area contributed by atoms with Gasteiger partial charge < -0.3 is 0 Å². The maximum absolute atomic E-state index is 5.82. The van der Waals surface area contributed by atoms with E-state index in [1.165, 1.54) is 0 Å². The third-order valence-corrected chi connectivity index (χ3v) is 2.42. The summed E-state index contributed by atoms with van der Waals surface area (Å²) in [6, 6.07) is 7.50. The molecule has 0 radical (unpaired) electrons. The van der Waals surface area contributed by atoms with Crippen LogP contribution in [-0.4, -0.2) is 15.7 Å². The summed E-state index contributed by atoms with van der Waals surface area (Å²) < 4.78 is 0. The molecule has 1 aromatic carbocycles. The molecule has 1 N–H and O–H groups in total. The van der Waals surface area contributed by atoms with Crippen molar-refractivity contribution in [2.24, 2.45) is 5.10 Å². The summed E-state index contributed by atoms with van der Waals surface area (Å²) >= 11 is 5.82. The molecular formula is C12H11ClN4. The van der Waals surface area contributed by atoms with Gasteiger partial charge in [-0.05, 0) is 24.6 Å². The van der Waals surface area contributed by atoms with Crippen LogP contribution in [0.2, 0.25) is 5.02 Å². The summed E-state index contributed by atoms with van der Waals surface area (Å²) in [5, 5.41) is 4.93. The monoisotopic (exact) mass is 246 g/mol. The zero-order valence-corrected chi connectivity index (χ0v) is 10.0. The quantitative estimate of drug-likeness (QED) is 0.669. The normalized spacial score (nSPS) is 11.3. The first-order valence-corrected chi connectivity index (χ1v) is 5.46. The van der Waals surface area contributed by atoms with Crippen LogP contribution in [0.4, 0.5) is 5.82 Å². The highest BCUT2D eigenvalue weighted by Crippen LogP contribution is 2.10. The van der Waals surface area contributed by atoms with Gasteiger partial charge in [0.25, 0.3) is 0 Å². The van der Waals surface area contributed by atoms with Gasteiger partial charge in [0, 0.05) is 17.4 Å². The molecular weight excluding hydrogens is 236 g/mol. The van der Waals surface area contributed by atoms with E-state index in [1.54, 1.807) is 18.6 Å². The molecule has 0 aliphatic carbocycles. The zero-order chi connectivity index (χ0) is 12.1. The van der Waals surface area contributed by atoms with Gasteiger partial charge in [0.1, 0.15) is 0 Å². The Morgan fingerprint density at radius 3 is 2.65 bits per heavy atom. The molecule has 86 valence electrons. The predicted molar refractivity (Wildman–Crippen MR) is 69.3 cm³/mol. The van der Waals surface area contributed by atoms with Crippen molar-refractivity contribution in [3.8, 4) is 0 Å². The fraction of sp³-hybridized carbons (Fsp3) is 0.0833. The number of aromatic nitrogens is 2. The number of rotatable bonds is 3. The molecule has 2 rings (SSSR count). The van der Waals surface area contributed by atoms with E-state index in [4.69, 9.17) is 11.6 Å². The zero-order valence-electron chi connectivity index (χ0n) is 9.26. The Bertz CT molecular complexity index is 508. The lowest BCUT2D eigenvalue weighted by molar-refractivity contribution is 1.15. The van der Waals surface area contributed by atoms with Crippen LogP contribution in [0, 0.1) is 0 Å². The maximum atomic E-state index is 5.82. The highest BCUT2D eigenvalue weighted by Gasteiger charge is 1.97. The lowest BCUT2D eigenvalue weighted by Gasteiger charge is -2.02. The molecule has 1 heterocycles. The minimum atomic E-state index is 0.612. The Morgan fingerprint density at radius 1 is 1.24 bits per heavy atom. The largest absolute Gasteiger partial charge is 0.260 e. The first-order valence-electron chi connectivity index (χ1n) is 5.08. The highest BCUT2D eigenvalue weighted by molar-refractivity contribution is 6.30. The van der Waals surface area contributed by atoms with E-state index in [-0.39, 0.29) is 0 Å². The smallest absolute Gasteiger partial charge is 0.164 e. The third-order valence-electron chi connectivity index (χ3n) is 2.16. The van der Waals surface area contributed by atoms with E-state index in [9.17, 15) is 0 Å². The average Bonchev–Trinajstić information content (AvgIpc) is 2.38. The number of nitrogens with zero attached hydrogens (tertiary/aromatic N) is 3. The number of benzene rings is 1. The van der Waals surface area contributed by atoms with E-state index in [2.05, 4.69) is 20.5 Å². The molecule has 5 heteroatoms. The van der Waals surface area contributed by atoms with Crippen LogP contribution in [0.5, 0.6) is 0 Å². The van der Waals surface area contributed by atoms with Crippen LogP contribution in [-0.2, 0) is 0 Å². The van der Waals surface area contributed by atoms with E-state index in [0.717, 1.165) is 11.3 Å². The SMILES string of the molecule is C/C(=N/Nc1cnccn1)c1ccc(Cl)cc1. The Hall–Kier alpha value is -1.94. The molecule has 0 spiro atoms. The fourth-order valence-electron chi connectivity index (χ4n) is 1.25. The van der Waals surface area contributed by atoms with Crippen molar-refractivity contribution < 1.29 is 0 Å². The summed E-state index contributed by atoms with van der Waals surface area (Å²) in [4.78, 5) is 7.99. The number of anilines is 1. The summed E-state index contributed by atoms with van der Waals surface area (Å²) in [5.74, 6) is 0.612. The van der Waals surface area contributed by atoms with Crippen molar-refractivity contribution in [1.82, 2.24) is 9.97 Å². The van der Waals surface area contributed by atoms with Crippen LogP contribution in [0.15, 0.2) is 48.0 Å². The summed E-state index contributed by atoms with van der Waals surface area (Å²) in [6.07, 6.45) is 4.83. The second kappa shape index (κ2) is 5.41. The van der Waals surface area contributed by atoms with Gasteiger partial charge in [-0.3, -0.25) is 10.4 Å². The van der Waals surface area contributed by atoms with Crippen molar-refractivity contribution in [2.45, 2.75) is 6.92 Å². The van der Waals surface area contributed by atoms with E-state index >= 15 is 0 Å². The van der Waals surface area contributed by atoms with Gasteiger partial charge in [-0.15, -0.1) is 0 Å². The van der Waals surface area contributed by atoms with Gasteiger partial charge in [0.2, 0.25) is 0 Å². The van der Waals surface area contributed by atoms with Crippen molar-refractivity contribution in [1.29, 1.82) is 0 Å². The Labute approximate surface area is 104 Å². The van der Waals surface area contributed by atoms with Crippen LogP contribution in [0.3, 0.4) is 0 Å². The average molecular weight is 247 g/mol. The molecule has 0 fully saturated rings. The van der Waals surface area contributed by atoms with Crippen molar-refractivity contribution >= 4 is 23.1 Å². The number of hydrogen-bond acceptors (Lipinski definition) is 4. The van der Waals surface area contributed by atoms with E-state index in [1.807, 2.05) is 31.2 Å².